The van der Waals surface area contributed by atoms with Crippen molar-refractivity contribution in [2.24, 2.45) is 0 Å². The van der Waals surface area contributed by atoms with Crippen molar-refractivity contribution in [3.63, 3.8) is 0 Å². The molecule has 2 nitrogen and oxygen atoms in total. The SMILES string of the molecule is CCC(C)(OC)C(O)Cc1cc(Br)cs1. The van der Waals surface area contributed by atoms with Crippen LogP contribution in [0.1, 0.15) is 25.1 Å². The first kappa shape index (κ1) is 13.2. The highest BCUT2D eigenvalue weighted by molar-refractivity contribution is 9.10. The predicted molar refractivity (Wildman–Crippen MR) is 67.4 cm³/mol. The summed E-state index contributed by atoms with van der Waals surface area (Å²) >= 11 is 5.06. The first-order valence-electron chi connectivity index (χ1n) is 4.98. The summed E-state index contributed by atoms with van der Waals surface area (Å²) in [6, 6.07) is 2.04. The van der Waals surface area contributed by atoms with Gasteiger partial charge in [-0.25, -0.2) is 0 Å². The minimum absolute atomic E-state index is 0.448. The zero-order chi connectivity index (χ0) is 11.5. The molecule has 1 N–H and O–H groups in total. The summed E-state index contributed by atoms with van der Waals surface area (Å²) < 4.78 is 6.45. The molecule has 0 spiro atoms. The Morgan fingerprint density at radius 1 is 1.67 bits per heavy atom. The van der Waals surface area contributed by atoms with Crippen molar-refractivity contribution in [2.45, 2.75) is 38.4 Å². The van der Waals surface area contributed by atoms with Gasteiger partial charge < -0.3 is 9.84 Å². The standard InChI is InChI=1S/C11H17BrO2S/c1-4-11(2,14-3)10(13)6-9-5-8(12)7-15-9/h5,7,10,13H,4,6H2,1-3H3. The van der Waals surface area contributed by atoms with E-state index in [2.05, 4.69) is 15.9 Å². The minimum atomic E-state index is -0.460. The first-order valence-corrected chi connectivity index (χ1v) is 6.65. The van der Waals surface area contributed by atoms with Gasteiger partial charge in [0.15, 0.2) is 0 Å². The van der Waals surface area contributed by atoms with Gasteiger partial charge in [0.25, 0.3) is 0 Å². The lowest BCUT2D eigenvalue weighted by Crippen LogP contribution is -2.41. The number of hydrogen-bond donors (Lipinski definition) is 1. The molecule has 15 heavy (non-hydrogen) atoms. The Hall–Kier alpha value is 0.1000. The van der Waals surface area contributed by atoms with Crippen molar-refractivity contribution in [3.8, 4) is 0 Å². The van der Waals surface area contributed by atoms with E-state index in [9.17, 15) is 5.11 Å². The smallest absolute Gasteiger partial charge is 0.0909 e. The molecule has 0 amide bonds. The number of hydrogen-bond acceptors (Lipinski definition) is 3. The summed E-state index contributed by atoms with van der Waals surface area (Å²) in [6.07, 6.45) is 0.990. The maximum atomic E-state index is 10.1. The van der Waals surface area contributed by atoms with Gasteiger partial charge in [0, 0.05) is 28.3 Å². The molecule has 1 aromatic rings. The summed E-state index contributed by atoms with van der Waals surface area (Å²) in [6.45, 7) is 3.97. The lowest BCUT2D eigenvalue weighted by Gasteiger charge is -2.31. The van der Waals surface area contributed by atoms with Gasteiger partial charge in [-0.2, -0.15) is 0 Å². The molecule has 2 atom stereocenters. The molecule has 0 aliphatic heterocycles. The molecule has 4 heteroatoms. The van der Waals surface area contributed by atoms with Gasteiger partial charge >= 0.3 is 0 Å². The van der Waals surface area contributed by atoms with E-state index in [-0.39, 0.29) is 0 Å². The first-order chi connectivity index (χ1) is 7.01. The molecule has 1 aromatic heterocycles. The lowest BCUT2D eigenvalue weighted by molar-refractivity contribution is -0.0911. The molecule has 0 aromatic carbocycles. The van der Waals surface area contributed by atoms with E-state index >= 15 is 0 Å². The Balaban J connectivity index is 2.65. The summed E-state index contributed by atoms with van der Waals surface area (Å²) in [4.78, 5) is 1.17. The van der Waals surface area contributed by atoms with Crippen molar-refractivity contribution in [2.75, 3.05) is 7.11 Å². The van der Waals surface area contributed by atoms with Gasteiger partial charge in [0.1, 0.15) is 0 Å². The Morgan fingerprint density at radius 3 is 2.73 bits per heavy atom. The van der Waals surface area contributed by atoms with E-state index in [4.69, 9.17) is 4.74 Å². The zero-order valence-electron chi connectivity index (χ0n) is 9.29. The molecule has 0 radical (unpaired) electrons. The fraction of sp³-hybridized carbons (Fsp3) is 0.636. The molecule has 1 rings (SSSR count). The van der Waals surface area contributed by atoms with Gasteiger partial charge in [0.05, 0.1) is 11.7 Å². The average molecular weight is 293 g/mol. The number of aliphatic hydroxyl groups is 1. The predicted octanol–water partition coefficient (Wildman–Crippen LogP) is 3.23. The molecule has 0 aliphatic carbocycles. The topological polar surface area (TPSA) is 29.5 Å². The van der Waals surface area contributed by atoms with Crippen molar-refractivity contribution in [1.82, 2.24) is 0 Å². The number of ether oxygens (including phenoxy) is 1. The van der Waals surface area contributed by atoms with Crippen LogP contribution in [0.5, 0.6) is 0 Å². The van der Waals surface area contributed by atoms with Crippen molar-refractivity contribution >= 4 is 27.3 Å². The van der Waals surface area contributed by atoms with Crippen molar-refractivity contribution in [3.05, 3.63) is 20.8 Å². The molecule has 86 valence electrons. The average Bonchev–Trinajstić information content (AvgIpc) is 2.62. The summed E-state index contributed by atoms with van der Waals surface area (Å²) in [5.41, 5.74) is -0.448. The molecular formula is C11H17BrO2S. The van der Waals surface area contributed by atoms with Gasteiger partial charge in [0.2, 0.25) is 0 Å². The molecular weight excluding hydrogens is 276 g/mol. The lowest BCUT2D eigenvalue weighted by atomic mass is 9.93. The Bertz CT molecular complexity index is 307. The summed E-state index contributed by atoms with van der Waals surface area (Å²) in [7, 11) is 1.65. The van der Waals surface area contributed by atoms with E-state index in [1.807, 2.05) is 25.3 Å². The third kappa shape index (κ3) is 3.28. The van der Waals surface area contributed by atoms with E-state index in [1.165, 1.54) is 4.88 Å². The maximum Gasteiger partial charge on any atom is 0.0909 e. The van der Waals surface area contributed by atoms with Crippen LogP contribution >= 0.6 is 27.3 Å². The molecule has 0 saturated carbocycles. The molecule has 2 unspecified atom stereocenters. The summed E-state index contributed by atoms with van der Waals surface area (Å²) in [5.74, 6) is 0. The largest absolute Gasteiger partial charge is 0.390 e. The fourth-order valence-corrected chi connectivity index (χ4v) is 2.87. The van der Waals surface area contributed by atoms with Gasteiger partial charge in [-0.1, -0.05) is 6.92 Å². The van der Waals surface area contributed by atoms with Gasteiger partial charge in [-0.05, 0) is 35.3 Å². The highest BCUT2D eigenvalue weighted by Crippen LogP contribution is 2.26. The number of thiophene rings is 1. The quantitative estimate of drug-likeness (QED) is 0.903. The molecule has 0 bridgehead atoms. The minimum Gasteiger partial charge on any atom is -0.390 e. The fourth-order valence-electron chi connectivity index (χ4n) is 1.38. The molecule has 0 aliphatic rings. The van der Waals surface area contributed by atoms with E-state index in [0.717, 1.165) is 10.9 Å². The third-order valence-corrected chi connectivity index (χ3v) is 4.61. The van der Waals surface area contributed by atoms with E-state index in [1.54, 1.807) is 18.4 Å². The second-order valence-corrected chi connectivity index (χ2v) is 5.73. The van der Waals surface area contributed by atoms with Crippen LogP contribution in [0.2, 0.25) is 0 Å². The highest BCUT2D eigenvalue weighted by atomic mass is 79.9. The highest BCUT2D eigenvalue weighted by Gasteiger charge is 2.31. The molecule has 1 heterocycles. The number of halogens is 1. The Kier molecular flexibility index (Phi) is 4.77. The van der Waals surface area contributed by atoms with Crippen LogP contribution in [0.4, 0.5) is 0 Å². The molecule has 0 saturated heterocycles. The summed E-state index contributed by atoms with van der Waals surface area (Å²) in [5, 5.41) is 12.1. The van der Waals surface area contributed by atoms with Gasteiger partial charge in [-0.15, -0.1) is 11.3 Å². The van der Waals surface area contributed by atoms with E-state index < -0.39 is 11.7 Å². The zero-order valence-corrected chi connectivity index (χ0v) is 11.7. The van der Waals surface area contributed by atoms with Crippen molar-refractivity contribution < 1.29 is 9.84 Å². The second-order valence-electron chi connectivity index (χ2n) is 3.82. The normalized spacial score (nSPS) is 17.4. The van der Waals surface area contributed by atoms with Crippen molar-refractivity contribution in [1.29, 1.82) is 0 Å². The number of rotatable bonds is 5. The number of methoxy groups -OCH3 is 1. The van der Waals surface area contributed by atoms with Crippen LogP contribution in [-0.4, -0.2) is 23.9 Å². The van der Waals surface area contributed by atoms with Crippen LogP contribution in [0.25, 0.3) is 0 Å². The number of aliphatic hydroxyl groups excluding tert-OH is 1. The molecule has 0 fully saturated rings. The monoisotopic (exact) mass is 292 g/mol. The van der Waals surface area contributed by atoms with Crippen LogP contribution in [0, 0.1) is 0 Å². The van der Waals surface area contributed by atoms with E-state index in [0.29, 0.717) is 6.42 Å². The van der Waals surface area contributed by atoms with Crippen LogP contribution in [0.15, 0.2) is 15.9 Å². The third-order valence-electron chi connectivity index (χ3n) is 2.89. The maximum absolute atomic E-state index is 10.1. The Labute approximate surface area is 103 Å². The van der Waals surface area contributed by atoms with Crippen LogP contribution in [-0.2, 0) is 11.2 Å². The Morgan fingerprint density at radius 2 is 2.33 bits per heavy atom. The van der Waals surface area contributed by atoms with Crippen LogP contribution < -0.4 is 0 Å². The second kappa shape index (κ2) is 5.43. The van der Waals surface area contributed by atoms with Crippen LogP contribution in [0.3, 0.4) is 0 Å². The van der Waals surface area contributed by atoms with Gasteiger partial charge in [-0.3, -0.25) is 0 Å².